The summed E-state index contributed by atoms with van der Waals surface area (Å²) in [7, 11) is -9.93. The lowest BCUT2D eigenvalue weighted by Gasteiger charge is -2.20. The fourth-order valence-electron chi connectivity index (χ4n) is 2.45. The molecule has 0 saturated heterocycles. The predicted octanol–water partition coefficient (Wildman–Crippen LogP) is 2.13. The molecule has 0 spiro atoms. The minimum atomic E-state index is -5.18. The summed E-state index contributed by atoms with van der Waals surface area (Å²) in [6.07, 6.45) is 2.84. The molecule has 5 nitrogen and oxygen atoms in total. The summed E-state index contributed by atoms with van der Waals surface area (Å²) in [5, 5.41) is 0.116. The van der Waals surface area contributed by atoms with Crippen molar-refractivity contribution in [3.8, 4) is 0 Å². The highest BCUT2D eigenvalue weighted by atomic mass is 33.2. The molecule has 20 heavy (non-hydrogen) atoms. The highest BCUT2D eigenvalue weighted by molar-refractivity contribution is 8.65. The number of hydrogen-bond donors (Lipinski definition) is 1. The van der Waals surface area contributed by atoms with Crippen molar-refractivity contribution in [3.63, 3.8) is 0 Å². The fourth-order valence-corrected chi connectivity index (χ4v) is 4.78. The first-order chi connectivity index (χ1) is 9.32. The van der Waals surface area contributed by atoms with Crippen molar-refractivity contribution in [1.82, 2.24) is 0 Å². The van der Waals surface area contributed by atoms with Gasteiger partial charge in [0.05, 0.1) is 0 Å². The van der Waals surface area contributed by atoms with Crippen LogP contribution in [0.2, 0.25) is 0 Å². The third-order valence-corrected chi connectivity index (χ3v) is 7.33. The molecule has 104 valence electrons. The molecule has 2 aromatic rings. The predicted molar refractivity (Wildman–Crippen MR) is 76.2 cm³/mol. The van der Waals surface area contributed by atoms with Crippen LogP contribution in [0.4, 0.5) is 0 Å². The van der Waals surface area contributed by atoms with E-state index in [0.717, 1.165) is 10.9 Å². The summed E-state index contributed by atoms with van der Waals surface area (Å²) < 4.78 is 55.1. The first-order valence-electron chi connectivity index (χ1n) is 5.73. The Labute approximate surface area is 115 Å². The molecule has 3 rings (SSSR count). The van der Waals surface area contributed by atoms with Crippen molar-refractivity contribution in [1.29, 1.82) is 0 Å². The summed E-state index contributed by atoms with van der Waals surface area (Å²) in [5.74, 6) is 0. The van der Waals surface area contributed by atoms with E-state index >= 15 is 0 Å². The second-order valence-corrected chi connectivity index (χ2v) is 9.50. The van der Waals surface area contributed by atoms with E-state index in [-0.39, 0.29) is 0 Å². The Hall–Kier alpha value is -1.70. The molecule has 0 fully saturated rings. The zero-order valence-corrected chi connectivity index (χ0v) is 11.7. The fraction of sp³-hybridized carbons (Fsp3) is 0.0769. The van der Waals surface area contributed by atoms with Crippen molar-refractivity contribution in [2.24, 2.45) is 0 Å². The molecule has 0 saturated carbocycles. The Morgan fingerprint density at radius 3 is 2.25 bits per heavy atom. The van der Waals surface area contributed by atoms with Crippen molar-refractivity contribution in [3.05, 3.63) is 53.6 Å². The maximum absolute atomic E-state index is 12.0. The number of benzene rings is 2. The zero-order chi connectivity index (χ0) is 14.5. The van der Waals surface area contributed by atoms with E-state index in [2.05, 4.69) is 0 Å². The van der Waals surface area contributed by atoms with Gasteiger partial charge in [-0.1, -0.05) is 48.6 Å². The second kappa shape index (κ2) is 4.15. The standard InChI is InChI=1S/C13H10O5S2/c14-19(15,20(16,17)18)12-8-7-10-4-1-3-9-5-2-6-11(12)13(9)10/h1-8,12H,(H,16,17,18). The van der Waals surface area contributed by atoms with Crippen LogP contribution >= 0.6 is 0 Å². The Morgan fingerprint density at radius 1 is 0.950 bits per heavy atom. The van der Waals surface area contributed by atoms with Crippen LogP contribution in [0.15, 0.2) is 42.5 Å². The van der Waals surface area contributed by atoms with Crippen LogP contribution < -0.4 is 0 Å². The molecular weight excluding hydrogens is 300 g/mol. The molecule has 7 heteroatoms. The quantitative estimate of drug-likeness (QED) is 0.678. The summed E-state index contributed by atoms with van der Waals surface area (Å²) >= 11 is 0. The molecular formula is C13H10O5S2. The lowest BCUT2D eigenvalue weighted by atomic mass is 9.93. The van der Waals surface area contributed by atoms with Crippen molar-refractivity contribution < 1.29 is 21.4 Å². The molecule has 0 aromatic heterocycles. The molecule has 1 N–H and O–H groups in total. The van der Waals surface area contributed by atoms with E-state index in [0.29, 0.717) is 10.9 Å². The van der Waals surface area contributed by atoms with E-state index in [1.165, 1.54) is 6.08 Å². The molecule has 1 atom stereocenters. The van der Waals surface area contributed by atoms with Crippen LogP contribution in [-0.2, 0) is 18.0 Å². The van der Waals surface area contributed by atoms with Gasteiger partial charge in [0.15, 0.2) is 0 Å². The maximum Gasteiger partial charge on any atom is 0.373 e. The normalized spacial score (nSPS) is 18.4. The van der Waals surface area contributed by atoms with Crippen LogP contribution in [0, 0.1) is 0 Å². The lowest BCUT2D eigenvalue weighted by Crippen LogP contribution is -2.22. The Balaban J connectivity index is 2.37. The minimum absolute atomic E-state index is 0.359. The topological polar surface area (TPSA) is 88.5 Å². The van der Waals surface area contributed by atoms with Gasteiger partial charge in [-0.15, -0.1) is 0 Å². The third-order valence-electron chi connectivity index (χ3n) is 3.33. The highest BCUT2D eigenvalue weighted by Gasteiger charge is 2.38. The first kappa shape index (κ1) is 13.3. The van der Waals surface area contributed by atoms with E-state index in [4.69, 9.17) is 4.55 Å². The summed E-state index contributed by atoms with van der Waals surface area (Å²) in [5.41, 5.74) is 1.18. The van der Waals surface area contributed by atoms with Crippen LogP contribution in [0.1, 0.15) is 16.4 Å². The molecule has 0 amide bonds. The van der Waals surface area contributed by atoms with Gasteiger partial charge >= 0.3 is 9.15 Å². The average molecular weight is 310 g/mol. The second-order valence-electron chi connectivity index (χ2n) is 4.49. The van der Waals surface area contributed by atoms with E-state index < -0.39 is 23.3 Å². The van der Waals surface area contributed by atoms with Crippen LogP contribution in [0.3, 0.4) is 0 Å². The Kier molecular flexibility index (Phi) is 2.75. The molecule has 2 aromatic carbocycles. The monoisotopic (exact) mass is 310 g/mol. The maximum atomic E-state index is 12.0. The summed E-state index contributed by atoms with van der Waals surface area (Å²) in [6.45, 7) is 0. The first-order valence-corrected chi connectivity index (χ1v) is 9.24. The van der Waals surface area contributed by atoms with Crippen LogP contribution in [0.25, 0.3) is 16.8 Å². The molecule has 1 aliphatic rings. The van der Waals surface area contributed by atoms with Crippen LogP contribution in [0.5, 0.6) is 0 Å². The Bertz CT molecular complexity index is 935. The van der Waals surface area contributed by atoms with Gasteiger partial charge in [0, 0.05) is 0 Å². The van der Waals surface area contributed by atoms with Gasteiger partial charge in [-0.2, -0.15) is 8.42 Å². The van der Waals surface area contributed by atoms with Gasteiger partial charge in [0.1, 0.15) is 5.25 Å². The molecule has 0 bridgehead atoms. The molecule has 1 unspecified atom stereocenters. The zero-order valence-electron chi connectivity index (χ0n) is 10.1. The molecule has 1 aliphatic carbocycles. The van der Waals surface area contributed by atoms with Gasteiger partial charge in [0.25, 0.3) is 8.87 Å². The number of rotatable bonds is 2. The van der Waals surface area contributed by atoms with Gasteiger partial charge < -0.3 is 0 Å². The van der Waals surface area contributed by atoms with Crippen LogP contribution in [-0.4, -0.2) is 21.4 Å². The van der Waals surface area contributed by atoms with Crippen molar-refractivity contribution in [2.45, 2.75) is 5.25 Å². The number of hydrogen-bond acceptors (Lipinski definition) is 4. The lowest BCUT2D eigenvalue weighted by molar-refractivity contribution is 0.492. The van der Waals surface area contributed by atoms with Gasteiger partial charge in [-0.25, -0.2) is 8.42 Å². The smallest absolute Gasteiger partial charge is 0.274 e. The van der Waals surface area contributed by atoms with E-state index in [9.17, 15) is 16.8 Å². The molecule has 0 radical (unpaired) electrons. The van der Waals surface area contributed by atoms with Crippen molar-refractivity contribution >= 4 is 34.9 Å². The van der Waals surface area contributed by atoms with Gasteiger partial charge in [-0.3, -0.25) is 4.55 Å². The molecule has 0 heterocycles. The van der Waals surface area contributed by atoms with Gasteiger partial charge in [-0.05, 0) is 21.9 Å². The average Bonchev–Trinajstić information content (AvgIpc) is 2.38. The van der Waals surface area contributed by atoms with Gasteiger partial charge in [0.2, 0.25) is 0 Å². The van der Waals surface area contributed by atoms with Crippen molar-refractivity contribution in [2.75, 3.05) is 0 Å². The largest absolute Gasteiger partial charge is 0.373 e. The Morgan fingerprint density at radius 2 is 1.60 bits per heavy atom. The van der Waals surface area contributed by atoms with E-state index in [1.54, 1.807) is 18.2 Å². The summed E-state index contributed by atoms with van der Waals surface area (Å²) in [4.78, 5) is 0. The highest BCUT2D eigenvalue weighted by Crippen LogP contribution is 2.38. The van der Waals surface area contributed by atoms with E-state index in [1.807, 2.05) is 24.3 Å². The third kappa shape index (κ3) is 1.78. The molecule has 0 aliphatic heterocycles. The SMILES string of the molecule is O=S(=O)(O)S(=O)(=O)C1C=Cc2cccc3cccc1c23. The summed E-state index contributed by atoms with van der Waals surface area (Å²) in [6, 6.07) is 10.5. The minimum Gasteiger partial charge on any atom is -0.274 e.